The monoisotopic (exact) mass is 466 g/mol. The van der Waals surface area contributed by atoms with E-state index in [1.165, 1.54) is 0 Å². The maximum Gasteiger partial charge on any atom is 0.274 e. The molecule has 0 unspecified atom stereocenters. The van der Waals surface area contributed by atoms with E-state index in [0.29, 0.717) is 24.0 Å². The molecule has 0 radical (unpaired) electrons. The number of amides is 1. The van der Waals surface area contributed by atoms with Crippen molar-refractivity contribution in [1.29, 1.82) is 0 Å². The molecule has 2 aromatic heterocycles. The summed E-state index contributed by atoms with van der Waals surface area (Å²) < 4.78 is 13.4. The van der Waals surface area contributed by atoms with Gasteiger partial charge in [-0.2, -0.15) is 4.98 Å². The van der Waals surface area contributed by atoms with Gasteiger partial charge in [0, 0.05) is 22.8 Å². The molecule has 1 amide bonds. The normalized spacial score (nSPS) is 10.7. The molecule has 0 bridgehead atoms. The van der Waals surface area contributed by atoms with E-state index >= 15 is 0 Å². The van der Waals surface area contributed by atoms with Crippen LogP contribution in [0.4, 0.5) is 0 Å². The van der Waals surface area contributed by atoms with Gasteiger partial charge in [0.25, 0.3) is 5.89 Å². The number of carbonyl (C=O) groups excluding carboxylic acids is 1. The van der Waals surface area contributed by atoms with Crippen LogP contribution in [0.15, 0.2) is 75.9 Å². The van der Waals surface area contributed by atoms with Crippen LogP contribution < -0.4 is 10.1 Å². The first-order valence-corrected chi connectivity index (χ1v) is 10.1. The molecule has 0 saturated carbocycles. The molecule has 0 aliphatic carbocycles. The zero-order chi connectivity index (χ0) is 20.9. The topological polar surface area (TPSA) is 82.2 Å². The summed E-state index contributed by atoms with van der Waals surface area (Å²) in [5, 5.41) is 6.97. The summed E-state index contributed by atoms with van der Waals surface area (Å²) in [4.78, 5) is 16.9. The summed E-state index contributed by atoms with van der Waals surface area (Å²) in [5.41, 5.74) is 2.50. The van der Waals surface area contributed by atoms with Crippen LogP contribution in [0.3, 0.4) is 0 Å². The van der Waals surface area contributed by atoms with Gasteiger partial charge in [-0.1, -0.05) is 33.2 Å². The molecule has 4 aromatic rings. The van der Waals surface area contributed by atoms with E-state index in [4.69, 9.17) is 9.26 Å². The molecule has 1 N–H and O–H groups in total. The van der Waals surface area contributed by atoms with Crippen molar-refractivity contribution in [2.45, 2.75) is 13.1 Å². The summed E-state index contributed by atoms with van der Waals surface area (Å²) >= 11 is 3.41. The Hall–Kier alpha value is -3.39. The first kappa shape index (κ1) is 19.9. The van der Waals surface area contributed by atoms with Crippen LogP contribution in [-0.4, -0.2) is 27.7 Å². The van der Waals surface area contributed by atoms with Crippen LogP contribution in [0.2, 0.25) is 0 Å². The van der Waals surface area contributed by atoms with E-state index in [1.54, 1.807) is 11.7 Å². The second-order valence-corrected chi connectivity index (χ2v) is 7.50. The number of hydrogen-bond donors (Lipinski definition) is 1. The Bertz CT molecular complexity index is 1150. The minimum atomic E-state index is -0.122. The van der Waals surface area contributed by atoms with Gasteiger partial charge in [-0.3, -0.25) is 4.79 Å². The number of nitrogens with zero attached hydrogens (tertiary/aromatic N) is 3. The molecule has 4 rings (SSSR count). The molecule has 0 aliphatic heterocycles. The van der Waals surface area contributed by atoms with E-state index in [9.17, 15) is 4.79 Å². The van der Waals surface area contributed by atoms with Crippen molar-refractivity contribution in [3.63, 3.8) is 0 Å². The Kier molecular flexibility index (Phi) is 5.94. The van der Waals surface area contributed by atoms with Gasteiger partial charge >= 0.3 is 0 Å². The van der Waals surface area contributed by atoms with Gasteiger partial charge in [0.2, 0.25) is 11.7 Å². The van der Waals surface area contributed by atoms with Crippen molar-refractivity contribution in [2.75, 3.05) is 7.11 Å². The predicted octanol–water partition coefficient (Wildman–Crippen LogP) is 4.29. The minimum absolute atomic E-state index is 0.122. The number of carbonyl (C=O) groups is 1. The van der Waals surface area contributed by atoms with Gasteiger partial charge in [-0.15, -0.1) is 0 Å². The zero-order valence-corrected chi connectivity index (χ0v) is 17.8. The van der Waals surface area contributed by atoms with Crippen molar-refractivity contribution in [3.8, 4) is 28.7 Å². The molecule has 0 atom stereocenters. The van der Waals surface area contributed by atoms with Crippen molar-refractivity contribution in [1.82, 2.24) is 20.0 Å². The summed E-state index contributed by atoms with van der Waals surface area (Å²) in [6.45, 7) is 0.559. The minimum Gasteiger partial charge on any atom is -0.497 e. The van der Waals surface area contributed by atoms with E-state index in [-0.39, 0.29) is 12.5 Å². The molecule has 2 aromatic carbocycles. The Morgan fingerprint density at radius 2 is 2.00 bits per heavy atom. The second-order valence-electron chi connectivity index (χ2n) is 6.58. The summed E-state index contributed by atoms with van der Waals surface area (Å²) in [6.07, 6.45) is 1.81. The van der Waals surface area contributed by atoms with Crippen LogP contribution in [0.1, 0.15) is 5.56 Å². The summed E-state index contributed by atoms with van der Waals surface area (Å²) in [7, 11) is 1.62. The van der Waals surface area contributed by atoms with Crippen molar-refractivity contribution in [3.05, 3.63) is 76.9 Å². The van der Waals surface area contributed by atoms with Crippen LogP contribution in [0, 0.1) is 0 Å². The lowest BCUT2D eigenvalue weighted by atomic mass is 10.2. The molecule has 0 aliphatic rings. The molecule has 0 spiro atoms. The smallest absolute Gasteiger partial charge is 0.274 e. The van der Waals surface area contributed by atoms with E-state index in [2.05, 4.69) is 31.4 Å². The lowest BCUT2D eigenvalue weighted by Gasteiger charge is -2.09. The van der Waals surface area contributed by atoms with Gasteiger partial charge in [-0.25, -0.2) is 0 Å². The van der Waals surface area contributed by atoms with E-state index in [1.807, 2.05) is 66.9 Å². The Morgan fingerprint density at radius 3 is 2.80 bits per heavy atom. The highest BCUT2D eigenvalue weighted by Crippen LogP contribution is 2.24. The van der Waals surface area contributed by atoms with E-state index < -0.39 is 0 Å². The third kappa shape index (κ3) is 4.60. The Balaban J connectivity index is 1.43. The molecule has 7 nitrogen and oxygen atoms in total. The molecule has 2 heterocycles. The lowest BCUT2D eigenvalue weighted by molar-refractivity contribution is -0.121. The quantitative estimate of drug-likeness (QED) is 0.439. The van der Waals surface area contributed by atoms with Crippen LogP contribution in [0.25, 0.3) is 23.0 Å². The number of rotatable bonds is 7. The average molecular weight is 467 g/mol. The highest BCUT2D eigenvalue weighted by molar-refractivity contribution is 9.10. The molecule has 0 saturated heterocycles. The number of aromatic nitrogens is 3. The number of benzene rings is 2. The molecular formula is C22H19BrN4O3. The predicted molar refractivity (Wildman–Crippen MR) is 116 cm³/mol. The molecule has 8 heteroatoms. The van der Waals surface area contributed by atoms with Gasteiger partial charge in [0.15, 0.2) is 0 Å². The number of hydrogen-bond acceptors (Lipinski definition) is 5. The number of ether oxygens (including phenoxy) is 1. The largest absolute Gasteiger partial charge is 0.497 e. The van der Waals surface area contributed by atoms with Gasteiger partial charge in [0.1, 0.15) is 18.0 Å². The highest BCUT2D eigenvalue weighted by Gasteiger charge is 2.15. The first-order valence-electron chi connectivity index (χ1n) is 9.27. The Morgan fingerprint density at radius 1 is 1.17 bits per heavy atom. The third-order valence-corrected chi connectivity index (χ3v) is 5.04. The molecular weight excluding hydrogens is 448 g/mol. The summed E-state index contributed by atoms with van der Waals surface area (Å²) in [5.74, 6) is 1.49. The van der Waals surface area contributed by atoms with Crippen molar-refractivity contribution >= 4 is 21.8 Å². The fraction of sp³-hybridized carbons (Fsp3) is 0.136. The number of halogens is 1. The van der Waals surface area contributed by atoms with Crippen molar-refractivity contribution < 1.29 is 14.1 Å². The van der Waals surface area contributed by atoms with Crippen molar-refractivity contribution in [2.24, 2.45) is 0 Å². The SMILES string of the molecule is COc1cccc(CNC(=O)Cn2cccc2-c2nc(-c3ccc(Br)cc3)no2)c1. The number of nitrogens with one attached hydrogen (secondary N) is 1. The zero-order valence-electron chi connectivity index (χ0n) is 16.2. The number of methoxy groups -OCH3 is 1. The van der Waals surface area contributed by atoms with Crippen LogP contribution >= 0.6 is 15.9 Å². The van der Waals surface area contributed by atoms with E-state index in [0.717, 1.165) is 21.3 Å². The fourth-order valence-electron chi connectivity index (χ4n) is 2.98. The average Bonchev–Trinajstić information content (AvgIpc) is 3.42. The first-order chi connectivity index (χ1) is 14.6. The van der Waals surface area contributed by atoms with Crippen LogP contribution in [0.5, 0.6) is 5.75 Å². The second kappa shape index (κ2) is 8.96. The maximum atomic E-state index is 12.4. The molecule has 152 valence electrons. The van der Waals surface area contributed by atoms with Gasteiger partial charge < -0.3 is 19.1 Å². The Labute approximate surface area is 181 Å². The highest BCUT2D eigenvalue weighted by atomic mass is 79.9. The van der Waals surface area contributed by atoms with Crippen LogP contribution in [-0.2, 0) is 17.9 Å². The van der Waals surface area contributed by atoms with Gasteiger partial charge in [-0.05, 0) is 54.1 Å². The van der Waals surface area contributed by atoms with Gasteiger partial charge in [0.05, 0.1) is 7.11 Å². The molecule has 0 fully saturated rings. The standard InChI is InChI=1S/C22H19BrN4O3/c1-29-18-5-2-4-15(12-18)13-24-20(28)14-27-11-3-6-19(27)22-25-21(26-30-22)16-7-9-17(23)10-8-16/h2-12H,13-14H2,1H3,(H,24,28). The fourth-order valence-corrected chi connectivity index (χ4v) is 3.25. The lowest BCUT2D eigenvalue weighted by Crippen LogP contribution is -2.27. The molecule has 30 heavy (non-hydrogen) atoms. The summed E-state index contributed by atoms with van der Waals surface area (Å²) in [6, 6.07) is 18.9. The third-order valence-electron chi connectivity index (χ3n) is 4.51. The maximum absolute atomic E-state index is 12.4.